The first-order chi connectivity index (χ1) is 13.0. The van der Waals surface area contributed by atoms with E-state index in [4.69, 9.17) is 17.0 Å². The predicted molar refractivity (Wildman–Crippen MR) is 105 cm³/mol. The molecule has 0 bridgehead atoms. The third-order valence-corrected chi connectivity index (χ3v) is 4.88. The lowest BCUT2D eigenvalue weighted by Crippen LogP contribution is -2.05. The van der Waals surface area contributed by atoms with Gasteiger partial charge in [-0.3, -0.25) is 9.67 Å². The minimum atomic E-state index is -0.115. The van der Waals surface area contributed by atoms with E-state index in [9.17, 15) is 10.2 Å². The molecule has 138 valence electrons. The number of hydrogen-bond acceptors (Lipinski definition) is 5. The second-order valence-electron chi connectivity index (χ2n) is 6.16. The summed E-state index contributed by atoms with van der Waals surface area (Å²) < 4.78 is 9.64. The first-order valence-electron chi connectivity index (χ1n) is 8.33. The molecule has 4 aromatic rings. The fourth-order valence-electron chi connectivity index (χ4n) is 3.21. The molecule has 0 spiro atoms. The zero-order valence-electron chi connectivity index (χ0n) is 14.7. The normalized spacial score (nSPS) is 12.5. The highest BCUT2D eigenvalue weighted by Gasteiger charge is 2.18. The first-order valence-corrected chi connectivity index (χ1v) is 8.74. The summed E-state index contributed by atoms with van der Waals surface area (Å²) in [5.74, 6) is 0.352. The average molecular weight is 382 g/mol. The zero-order valence-corrected chi connectivity index (χ0v) is 15.6. The summed E-state index contributed by atoms with van der Waals surface area (Å²) in [6, 6.07) is 12.3. The van der Waals surface area contributed by atoms with Gasteiger partial charge in [-0.1, -0.05) is 6.07 Å². The molecule has 0 aliphatic carbocycles. The van der Waals surface area contributed by atoms with Gasteiger partial charge in [-0.2, -0.15) is 5.10 Å². The Kier molecular flexibility index (Phi) is 4.21. The van der Waals surface area contributed by atoms with Crippen LogP contribution in [-0.4, -0.2) is 36.7 Å². The van der Waals surface area contributed by atoms with E-state index >= 15 is 0 Å². The van der Waals surface area contributed by atoms with Gasteiger partial charge in [0.1, 0.15) is 17.7 Å². The smallest absolute Gasteiger partial charge is 0.200 e. The lowest BCUT2D eigenvalue weighted by molar-refractivity contribution is 0.0642. The molecule has 2 aromatic heterocycles. The van der Waals surface area contributed by atoms with Crippen molar-refractivity contribution in [3.63, 3.8) is 0 Å². The Morgan fingerprint density at radius 1 is 1.19 bits per heavy atom. The van der Waals surface area contributed by atoms with Crippen molar-refractivity contribution in [1.82, 2.24) is 19.3 Å². The number of methoxy groups -OCH3 is 1. The number of ether oxygens (including phenoxy) is 1. The fraction of sp³-hybridized carbons (Fsp3) is 0.158. The number of nitrogens with zero attached hydrogens (tertiary/aromatic N) is 3. The molecule has 2 aromatic carbocycles. The highest BCUT2D eigenvalue weighted by molar-refractivity contribution is 7.71. The van der Waals surface area contributed by atoms with Crippen LogP contribution in [0.2, 0.25) is 0 Å². The Labute approximate surface area is 160 Å². The summed E-state index contributed by atoms with van der Waals surface area (Å²) in [5, 5.41) is 27.9. The Balaban J connectivity index is 1.97. The van der Waals surface area contributed by atoms with Gasteiger partial charge in [-0.25, -0.2) is 0 Å². The van der Waals surface area contributed by atoms with Gasteiger partial charge in [0.05, 0.1) is 16.8 Å². The van der Waals surface area contributed by atoms with Gasteiger partial charge in [-0.15, -0.1) is 0 Å². The number of rotatable bonds is 4. The molecule has 2 heterocycles. The van der Waals surface area contributed by atoms with Gasteiger partial charge in [0, 0.05) is 24.8 Å². The summed E-state index contributed by atoms with van der Waals surface area (Å²) in [5.41, 5.74) is 2.28. The minimum absolute atomic E-state index is 0.0235. The van der Waals surface area contributed by atoms with E-state index in [-0.39, 0.29) is 17.7 Å². The van der Waals surface area contributed by atoms with Crippen LogP contribution >= 0.6 is 12.2 Å². The predicted octanol–water partition coefficient (Wildman–Crippen LogP) is 4.13. The number of nitrogens with one attached hydrogen (secondary N) is 1. The van der Waals surface area contributed by atoms with E-state index in [0.717, 1.165) is 16.6 Å². The molecule has 8 heteroatoms. The van der Waals surface area contributed by atoms with Crippen molar-refractivity contribution in [2.24, 2.45) is 0 Å². The molecule has 27 heavy (non-hydrogen) atoms. The largest absolute Gasteiger partial charge is 0.508 e. The summed E-state index contributed by atoms with van der Waals surface area (Å²) in [6.07, 6.45) is 1.85. The molecule has 0 aliphatic rings. The molecule has 7 nitrogen and oxygen atoms in total. The highest BCUT2D eigenvalue weighted by atomic mass is 32.1. The van der Waals surface area contributed by atoms with E-state index in [1.54, 1.807) is 17.7 Å². The number of hydrogen-bond donors (Lipinski definition) is 3. The quantitative estimate of drug-likeness (QED) is 0.462. The number of aromatic nitrogens is 4. The molecule has 0 saturated heterocycles. The number of benzene rings is 2. The van der Waals surface area contributed by atoms with Crippen molar-refractivity contribution in [1.29, 1.82) is 0 Å². The first kappa shape index (κ1) is 17.3. The average Bonchev–Trinajstić information content (AvgIpc) is 3.25. The van der Waals surface area contributed by atoms with Crippen LogP contribution in [-0.2, 0) is 4.74 Å². The van der Waals surface area contributed by atoms with E-state index < -0.39 is 0 Å². The monoisotopic (exact) mass is 382 g/mol. The van der Waals surface area contributed by atoms with E-state index in [0.29, 0.717) is 16.2 Å². The number of fused-ring (bicyclic) bond motifs is 1. The van der Waals surface area contributed by atoms with Crippen molar-refractivity contribution in [2.75, 3.05) is 7.11 Å². The van der Waals surface area contributed by atoms with E-state index in [2.05, 4.69) is 10.2 Å². The maximum Gasteiger partial charge on any atom is 0.200 e. The molecule has 4 rings (SSSR count). The third kappa shape index (κ3) is 2.79. The molecule has 0 fully saturated rings. The van der Waals surface area contributed by atoms with Crippen LogP contribution in [0.3, 0.4) is 0 Å². The number of phenols is 2. The molecule has 0 radical (unpaired) electrons. The topological polar surface area (TPSA) is 88.2 Å². The number of H-pyrrole nitrogens is 1. The lowest BCUT2D eigenvalue weighted by Gasteiger charge is -2.14. The van der Waals surface area contributed by atoms with Crippen LogP contribution in [0.5, 0.6) is 11.5 Å². The molecule has 0 saturated carbocycles. The molecule has 0 amide bonds. The third-order valence-electron chi connectivity index (χ3n) is 4.61. The molecular formula is C19H18N4O3S. The van der Waals surface area contributed by atoms with Crippen LogP contribution in [0.4, 0.5) is 0 Å². The maximum absolute atomic E-state index is 10.3. The van der Waals surface area contributed by atoms with Gasteiger partial charge in [0.15, 0.2) is 10.6 Å². The minimum Gasteiger partial charge on any atom is -0.508 e. The SMILES string of the molecule is COC(C)n1ccc2c(-n3c(-c4ccc(O)cc4O)n[nH]c3=S)cccc21. The Morgan fingerprint density at radius 2 is 2.00 bits per heavy atom. The van der Waals surface area contributed by atoms with Crippen LogP contribution in [0, 0.1) is 4.77 Å². The van der Waals surface area contributed by atoms with Crippen LogP contribution in [0.25, 0.3) is 28.0 Å². The second kappa shape index (κ2) is 6.57. The van der Waals surface area contributed by atoms with Gasteiger partial charge in [0.2, 0.25) is 0 Å². The molecule has 0 aliphatic heterocycles. The summed E-state index contributed by atoms with van der Waals surface area (Å²) in [6.45, 7) is 1.97. The van der Waals surface area contributed by atoms with Crippen LogP contribution in [0.1, 0.15) is 13.2 Å². The van der Waals surface area contributed by atoms with Crippen molar-refractivity contribution in [3.05, 3.63) is 53.4 Å². The summed E-state index contributed by atoms with van der Waals surface area (Å²) in [4.78, 5) is 0. The van der Waals surface area contributed by atoms with Crippen molar-refractivity contribution < 1.29 is 14.9 Å². The van der Waals surface area contributed by atoms with Gasteiger partial charge in [0.25, 0.3) is 0 Å². The van der Waals surface area contributed by atoms with Crippen molar-refractivity contribution in [2.45, 2.75) is 13.2 Å². The number of aromatic amines is 1. The molecular weight excluding hydrogens is 364 g/mol. The molecule has 1 atom stereocenters. The van der Waals surface area contributed by atoms with E-state index in [1.807, 2.05) is 42.0 Å². The van der Waals surface area contributed by atoms with Gasteiger partial charge < -0.3 is 19.5 Å². The number of aromatic hydroxyl groups is 2. The Morgan fingerprint density at radius 3 is 2.74 bits per heavy atom. The second-order valence-corrected chi connectivity index (χ2v) is 6.54. The number of phenolic OH excluding ortho intramolecular Hbond substituents is 2. The summed E-state index contributed by atoms with van der Waals surface area (Å²) in [7, 11) is 1.66. The molecule has 1 unspecified atom stereocenters. The van der Waals surface area contributed by atoms with Crippen LogP contribution in [0.15, 0.2) is 48.7 Å². The lowest BCUT2D eigenvalue weighted by atomic mass is 10.1. The molecule has 3 N–H and O–H groups in total. The zero-order chi connectivity index (χ0) is 19.1. The van der Waals surface area contributed by atoms with E-state index in [1.165, 1.54) is 12.1 Å². The van der Waals surface area contributed by atoms with Gasteiger partial charge in [-0.05, 0) is 49.5 Å². The van der Waals surface area contributed by atoms with Crippen molar-refractivity contribution in [3.8, 4) is 28.6 Å². The Bertz CT molecular complexity index is 1190. The van der Waals surface area contributed by atoms with Crippen molar-refractivity contribution >= 4 is 23.1 Å². The van der Waals surface area contributed by atoms with Crippen LogP contribution < -0.4 is 0 Å². The highest BCUT2D eigenvalue weighted by Crippen LogP contribution is 2.34. The maximum atomic E-state index is 10.3. The standard InChI is InChI=1S/C19H18N4O3S/c1-11(26-2)22-9-8-13-15(22)4-3-5-16(13)23-18(20-21-19(23)27)14-7-6-12(24)10-17(14)25/h3-11,24-25H,1-2H3,(H,21,27). The van der Waals surface area contributed by atoms with Gasteiger partial charge >= 0.3 is 0 Å². The Hall–Kier alpha value is -3.10. The summed E-state index contributed by atoms with van der Waals surface area (Å²) >= 11 is 5.45. The fourth-order valence-corrected chi connectivity index (χ4v) is 3.44.